The van der Waals surface area contributed by atoms with Crippen LogP contribution in [0.1, 0.15) is 10.5 Å². The Morgan fingerprint density at radius 1 is 1.00 bits per heavy atom. The van der Waals surface area contributed by atoms with E-state index < -0.39 is 17.0 Å². The van der Waals surface area contributed by atoms with Gasteiger partial charge < -0.3 is 14.7 Å². The minimum Gasteiger partial charge on any atom is -0.340 e. The Kier molecular flexibility index (Phi) is 5.34. The van der Waals surface area contributed by atoms with E-state index in [-0.39, 0.29) is 4.90 Å². The lowest BCUT2D eigenvalue weighted by Crippen LogP contribution is -2.45. The van der Waals surface area contributed by atoms with E-state index in [0.717, 1.165) is 53.8 Å². The molecule has 2 aliphatic heterocycles. The molecular weight excluding hydrogens is 416 g/mol. The van der Waals surface area contributed by atoms with Crippen molar-refractivity contribution in [2.75, 3.05) is 65.2 Å². The van der Waals surface area contributed by atoms with E-state index in [1.807, 2.05) is 18.2 Å². The van der Waals surface area contributed by atoms with Gasteiger partial charge in [0.2, 0.25) is 10.0 Å². The largest absolute Gasteiger partial charge is 0.340 e. The molecule has 1 saturated heterocycles. The molecule has 0 bridgehead atoms. The van der Waals surface area contributed by atoms with Gasteiger partial charge in [0.15, 0.2) is 0 Å². The molecule has 2 heterocycles. The molecule has 0 saturated carbocycles. The number of para-hydroxylation sites is 1. The van der Waals surface area contributed by atoms with Crippen molar-refractivity contribution in [1.29, 1.82) is 0 Å². The maximum Gasteiger partial charge on any atom is 0.242 e. The lowest BCUT2D eigenvalue weighted by atomic mass is 10.2. The maximum absolute atomic E-state index is 12.7. The number of nitrogens with zero attached hydrogens (tertiary/aromatic N) is 4. The van der Waals surface area contributed by atoms with Crippen molar-refractivity contribution in [3.05, 3.63) is 42.5 Å². The lowest BCUT2D eigenvalue weighted by Gasteiger charge is -2.35. The van der Waals surface area contributed by atoms with Crippen LogP contribution >= 0.6 is 11.8 Å². The molecule has 0 amide bonds. The second kappa shape index (κ2) is 8.88. The first-order valence-electron chi connectivity index (χ1n) is 11.7. The van der Waals surface area contributed by atoms with Gasteiger partial charge in [0, 0.05) is 60.7 Å². The van der Waals surface area contributed by atoms with E-state index >= 15 is 0 Å². The SMILES string of the molecule is [2H]C([2H])([2H])N1CCN(CCCN2c3ccccc3Sc3ccc(S(=O)(=O)N(C)C)cc32)CC1. The Balaban J connectivity index is 1.51. The summed E-state index contributed by atoms with van der Waals surface area (Å²) in [6.45, 7) is 2.18. The van der Waals surface area contributed by atoms with Crippen LogP contribution in [-0.4, -0.2) is 82.9 Å². The summed E-state index contributed by atoms with van der Waals surface area (Å²) in [6.07, 6.45) is 0.886. The lowest BCUT2D eigenvalue weighted by molar-refractivity contribution is 0.153. The highest BCUT2D eigenvalue weighted by atomic mass is 32.2. The molecular formula is C22H30N4O2S2. The molecule has 4 rings (SSSR count). The van der Waals surface area contributed by atoms with E-state index in [2.05, 4.69) is 21.9 Å². The molecule has 0 N–H and O–H groups in total. The predicted molar refractivity (Wildman–Crippen MR) is 123 cm³/mol. The Hall–Kier alpha value is -1.58. The van der Waals surface area contributed by atoms with E-state index in [1.165, 1.54) is 4.31 Å². The fourth-order valence-corrected chi connectivity index (χ4v) is 5.84. The van der Waals surface area contributed by atoms with Crippen molar-refractivity contribution >= 4 is 33.2 Å². The molecule has 0 atom stereocenters. The highest BCUT2D eigenvalue weighted by Gasteiger charge is 2.26. The Labute approximate surface area is 188 Å². The third-order valence-corrected chi connectivity index (χ3v) is 8.55. The van der Waals surface area contributed by atoms with Gasteiger partial charge in [-0.1, -0.05) is 23.9 Å². The molecule has 0 spiro atoms. The molecule has 1 fully saturated rings. The van der Waals surface area contributed by atoms with Crippen LogP contribution in [0.3, 0.4) is 0 Å². The van der Waals surface area contributed by atoms with Crippen molar-refractivity contribution in [2.45, 2.75) is 21.1 Å². The van der Waals surface area contributed by atoms with Crippen LogP contribution in [0.15, 0.2) is 57.2 Å². The van der Waals surface area contributed by atoms with Gasteiger partial charge in [0.05, 0.1) is 16.3 Å². The van der Waals surface area contributed by atoms with Crippen LogP contribution in [-0.2, 0) is 10.0 Å². The number of piperazine rings is 1. The quantitative estimate of drug-likeness (QED) is 0.675. The standard InChI is InChI=1S/C22H30N4O2S2/c1-23(2)30(27,28)18-9-10-22-20(17-18)26(19-7-4-5-8-21(19)29-22)12-6-11-25-15-13-24(3)14-16-25/h4-5,7-10,17H,6,11-16H2,1-3H3/i3D3. The highest BCUT2D eigenvalue weighted by molar-refractivity contribution is 7.99. The Bertz CT molecular complexity index is 1100. The summed E-state index contributed by atoms with van der Waals surface area (Å²) in [7, 11) is -0.439. The molecule has 162 valence electrons. The van der Waals surface area contributed by atoms with Gasteiger partial charge in [-0.2, -0.15) is 0 Å². The molecule has 2 aliphatic rings. The fraction of sp³-hybridized carbons (Fsp3) is 0.455. The van der Waals surface area contributed by atoms with Gasteiger partial charge >= 0.3 is 0 Å². The van der Waals surface area contributed by atoms with Gasteiger partial charge in [-0.25, -0.2) is 12.7 Å². The minimum atomic E-state index is -3.53. The van der Waals surface area contributed by atoms with Crippen LogP contribution in [0.25, 0.3) is 0 Å². The molecule has 0 radical (unpaired) electrons. The first kappa shape index (κ1) is 18.0. The number of hydrogen-bond acceptors (Lipinski definition) is 6. The molecule has 8 heteroatoms. The number of benzene rings is 2. The third kappa shape index (κ3) is 4.38. The Morgan fingerprint density at radius 2 is 1.73 bits per heavy atom. The predicted octanol–water partition coefficient (Wildman–Crippen LogP) is 3.18. The normalized spacial score (nSPS) is 19.7. The van der Waals surface area contributed by atoms with E-state index in [4.69, 9.17) is 4.11 Å². The van der Waals surface area contributed by atoms with Gasteiger partial charge in [0.25, 0.3) is 0 Å². The van der Waals surface area contributed by atoms with E-state index in [9.17, 15) is 8.42 Å². The zero-order chi connectivity index (χ0) is 23.8. The molecule has 2 aromatic carbocycles. The van der Waals surface area contributed by atoms with Crippen LogP contribution in [0.2, 0.25) is 0 Å². The van der Waals surface area contributed by atoms with Crippen molar-refractivity contribution in [3.8, 4) is 0 Å². The monoisotopic (exact) mass is 449 g/mol. The van der Waals surface area contributed by atoms with Crippen molar-refractivity contribution in [1.82, 2.24) is 14.1 Å². The zero-order valence-corrected chi connectivity index (χ0v) is 19.0. The number of sulfonamides is 1. The first-order chi connectivity index (χ1) is 15.6. The second-order valence-electron chi connectivity index (χ2n) is 7.82. The zero-order valence-electron chi connectivity index (χ0n) is 20.4. The van der Waals surface area contributed by atoms with Crippen molar-refractivity contribution < 1.29 is 12.5 Å². The van der Waals surface area contributed by atoms with Crippen molar-refractivity contribution in [2.24, 2.45) is 0 Å². The van der Waals surface area contributed by atoms with Gasteiger partial charge in [-0.05, 0) is 50.3 Å². The summed E-state index contributed by atoms with van der Waals surface area (Å²) in [5.74, 6) is 0. The second-order valence-corrected chi connectivity index (χ2v) is 11.1. The number of likely N-dealkylation sites (N-methyl/N-ethyl adjacent to an activating group) is 1. The molecule has 0 aromatic heterocycles. The maximum atomic E-state index is 12.7. The summed E-state index contributed by atoms with van der Waals surface area (Å²) in [5.41, 5.74) is 2.00. The van der Waals surface area contributed by atoms with Crippen LogP contribution in [0, 0.1) is 0 Å². The highest BCUT2D eigenvalue weighted by Crippen LogP contribution is 2.48. The molecule has 2 aromatic rings. The number of anilines is 2. The van der Waals surface area contributed by atoms with Crippen LogP contribution < -0.4 is 4.90 Å². The average Bonchev–Trinajstić information content (AvgIpc) is 2.78. The summed E-state index contributed by atoms with van der Waals surface area (Å²) in [4.78, 5) is 8.56. The summed E-state index contributed by atoms with van der Waals surface area (Å²) < 4.78 is 49.4. The van der Waals surface area contributed by atoms with Gasteiger partial charge in [-0.3, -0.25) is 0 Å². The number of fused-ring (bicyclic) bond motifs is 2. The smallest absolute Gasteiger partial charge is 0.242 e. The topological polar surface area (TPSA) is 47.1 Å². The average molecular weight is 450 g/mol. The van der Waals surface area contributed by atoms with Gasteiger partial charge in [0.1, 0.15) is 0 Å². The molecule has 30 heavy (non-hydrogen) atoms. The molecule has 0 unspecified atom stereocenters. The summed E-state index contributed by atoms with van der Waals surface area (Å²) >= 11 is 1.66. The molecule has 6 nitrogen and oxygen atoms in total. The van der Waals surface area contributed by atoms with E-state index in [1.54, 1.807) is 42.9 Å². The number of rotatable bonds is 6. The molecule has 0 aliphatic carbocycles. The van der Waals surface area contributed by atoms with Crippen LogP contribution in [0.5, 0.6) is 0 Å². The van der Waals surface area contributed by atoms with Crippen LogP contribution in [0.4, 0.5) is 11.4 Å². The minimum absolute atomic E-state index is 0.289. The summed E-state index contributed by atoms with van der Waals surface area (Å²) in [6, 6.07) is 13.5. The van der Waals surface area contributed by atoms with Crippen molar-refractivity contribution in [3.63, 3.8) is 0 Å². The van der Waals surface area contributed by atoms with E-state index in [0.29, 0.717) is 13.1 Å². The Morgan fingerprint density at radius 3 is 2.47 bits per heavy atom. The first-order valence-corrected chi connectivity index (χ1v) is 12.4. The van der Waals surface area contributed by atoms with Gasteiger partial charge in [-0.15, -0.1) is 0 Å². The summed E-state index contributed by atoms with van der Waals surface area (Å²) in [5, 5.41) is 0. The third-order valence-electron chi connectivity index (χ3n) is 5.60. The fourth-order valence-electron chi connectivity index (χ4n) is 3.85. The number of hydrogen-bond donors (Lipinski definition) is 0.